The monoisotopic (exact) mass is 511 g/mol. The smallest absolute Gasteiger partial charge is 0.263 e. The highest BCUT2D eigenvalue weighted by molar-refractivity contribution is 9.10. The maximum Gasteiger partial charge on any atom is 0.263 e. The van der Waals surface area contributed by atoms with E-state index in [0.717, 1.165) is 10.2 Å². The number of rotatable bonds is 6. The summed E-state index contributed by atoms with van der Waals surface area (Å²) in [7, 11) is -3.96. The number of carbonyl (C=O) groups excluding carboxylic acids is 1. The first-order valence-electron chi connectivity index (χ1n) is 9.50. The number of halogens is 1. The highest BCUT2D eigenvalue weighted by Gasteiger charge is 2.19. The van der Waals surface area contributed by atoms with Crippen molar-refractivity contribution in [2.24, 2.45) is 0 Å². The first-order chi connectivity index (χ1) is 15.3. The normalized spacial score (nSPS) is 11.2. The van der Waals surface area contributed by atoms with Crippen molar-refractivity contribution in [1.29, 1.82) is 0 Å². The van der Waals surface area contributed by atoms with Crippen molar-refractivity contribution >= 4 is 65.9 Å². The van der Waals surface area contributed by atoms with Gasteiger partial charge < -0.3 is 10.6 Å². The fourth-order valence-corrected chi connectivity index (χ4v) is 4.21. The lowest BCUT2D eigenvalue weighted by atomic mass is 10.3. The second-order valence-electron chi connectivity index (χ2n) is 6.85. The number of hydrogen-bond donors (Lipinski definition) is 3. The Labute approximate surface area is 193 Å². The van der Waals surface area contributed by atoms with Crippen LogP contribution in [0, 0.1) is 0 Å². The summed E-state index contributed by atoms with van der Waals surface area (Å²) in [4.78, 5) is 20.2. The van der Waals surface area contributed by atoms with Crippen LogP contribution in [0.15, 0.2) is 82.2 Å². The van der Waals surface area contributed by atoms with E-state index >= 15 is 0 Å². The molecule has 162 valence electrons. The van der Waals surface area contributed by atoms with E-state index < -0.39 is 10.0 Å². The zero-order valence-electron chi connectivity index (χ0n) is 16.8. The fourth-order valence-electron chi connectivity index (χ4n) is 2.94. The van der Waals surface area contributed by atoms with Gasteiger partial charge in [0.25, 0.3) is 10.0 Å². The summed E-state index contributed by atoms with van der Waals surface area (Å²) in [6.45, 7) is 1.38. The summed E-state index contributed by atoms with van der Waals surface area (Å²) in [5.74, 6) is 0.0934. The van der Waals surface area contributed by atoms with E-state index in [1.54, 1.807) is 18.2 Å². The summed E-state index contributed by atoms with van der Waals surface area (Å²) in [5.41, 5.74) is 2.39. The van der Waals surface area contributed by atoms with Gasteiger partial charge in [0, 0.05) is 22.8 Å². The molecular weight excluding hydrogens is 494 g/mol. The molecule has 1 heterocycles. The molecule has 10 heteroatoms. The van der Waals surface area contributed by atoms with E-state index in [9.17, 15) is 13.2 Å². The van der Waals surface area contributed by atoms with Crippen LogP contribution < -0.4 is 15.4 Å². The predicted molar refractivity (Wildman–Crippen MR) is 129 cm³/mol. The predicted octanol–water partition coefficient (Wildman–Crippen LogP) is 4.90. The number of benzene rings is 3. The minimum absolute atomic E-state index is 0.0242. The number of nitrogens with zero attached hydrogens (tertiary/aromatic N) is 2. The van der Waals surface area contributed by atoms with E-state index in [1.807, 2.05) is 30.3 Å². The van der Waals surface area contributed by atoms with E-state index in [0.29, 0.717) is 16.7 Å². The molecule has 32 heavy (non-hydrogen) atoms. The Morgan fingerprint density at radius 2 is 1.38 bits per heavy atom. The van der Waals surface area contributed by atoms with Crippen molar-refractivity contribution in [3.63, 3.8) is 0 Å². The molecule has 0 radical (unpaired) electrons. The number of carbonyl (C=O) groups is 1. The molecule has 0 spiro atoms. The van der Waals surface area contributed by atoms with Gasteiger partial charge in [-0.3, -0.25) is 9.52 Å². The van der Waals surface area contributed by atoms with Gasteiger partial charge in [-0.25, -0.2) is 18.4 Å². The fraction of sp³-hybridized carbons (Fsp3) is 0.0455. The molecule has 0 aliphatic carbocycles. The van der Waals surface area contributed by atoms with Crippen molar-refractivity contribution in [2.75, 3.05) is 15.4 Å². The van der Waals surface area contributed by atoms with Gasteiger partial charge in [-0.05, 0) is 60.7 Å². The number of anilines is 4. The summed E-state index contributed by atoms with van der Waals surface area (Å²) < 4.78 is 29.5. The molecule has 1 amide bonds. The molecule has 3 aromatic carbocycles. The van der Waals surface area contributed by atoms with Gasteiger partial charge in [-0.1, -0.05) is 28.1 Å². The van der Waals surface area contributed by atoms with E-state index in [4.69, 9.17) is 0 Å². The van der Waals surface area contributed by atoms with Crippen LogP contribution in [-0.4, -0.2) is 24.3 Å². The van der Waals surface area contributed by atoms with Gasteiger partial charge in [0.15, 0.2) is 11.6 Å². The van der Waals surface area contributed by atoms with Gasteiger partial charge >= 0.3 is 0 Å². The van der Waals surface area contributed by atoms with E-state index in [-0.39, 0.29) is 22.4 Å². The Balaban J connectivity index is 1.70. The molecule has 0 saturated heterocycles. The minimum atomic E-state index is -3.96. The Kier molecular flexibility index (Phi) is 6.06. The quantitative estimate of drug-likeness (QED) is 0.339. The molecule has 0 atom stereocenters. The maximum atomic E-state index is 13.0. The van der Waals surface area contributed by atoms with Crippen molar-refractivity contribution < 1.29 is 13.2 Å². The SMILES string of the molecule is CC(=O)Nc1ccc(S(=O)(=O)Nc2nc3ccccc3nc2Nc2ccc(Br)cc2)cc1. The number of sulfonamides is 1. The van der Waals surface area contributed by atoms with Gasteiger partial charge in [0.2, 0.25) is 5.91 Å². The molecule has 0 fully saturated rings. The molecule has 3 N–H and O–H groups in total. The molecule has 8 nitrogen and oxygen atoms in total. The molecule has 0 aliphatic rings. The largest absolute Gasteiger partial charge is 0.337 e. The average molecular weight is 512 g/mol. The molecule has 4 rings (SSSR count). The third kappa shape index (κ3) is 5.04. The first kappa shape index (κ1) is 21.7. The van der Waals surface area contributed by atoms with Crippen molar-refractivity contribution in [2.45, 2.75) is 11.8 Å². The van der Waals surface area contributed by atoms with Crippen LogP contribution in [0.2, 0.25) is 0 Å². The number of amides is 1. The molecule has 4 aromatic rings. The van der Waals surface area contributed by atoms with Crippen molar-refractivity contribution in [3.05, 3.63) is 77.3 Å². The number of aromatic nitrogens is 2. The lowest BCUT2D eigenvalue weighted by Crippen LogP contribution is -2.16. The topological polar surface area (TPSA) is 113 Å². The van der Waals surface area contributed by atoms with Gasteiger partial charge in [0.1, 0.15) is 0 Å². The second kappa shape index (κ2) is 8.93. The molecule has 0 saturated carbocycles. The molecule has 0 aliphatic heterocycles. The van der Waals surface area contributed by atoms with Gasteiger partial charge in [-0.2, -0.15) is 0 Å². The van der Waals surface area contributed by atoms with Crippen LogP contribution in [0.25, 0.3) is 11.0 Å². The van der Waals surface area contributed by atoms with Crippen LogP contribution in [0.5, 0.6) is 0 Å². The zero-order chi connectivity index (χ0) is 22.7. The highest BCUT2D eigenvalue weighted by atomic mass is 79.9. The Morgan fingerprint density at radius 3 is 1.97 bits per heavy atom. The Bertz CT molecular complexity index is 1390. The molecular formula is C22H18BrN5O3S. The van der Waals surface area contributed by atoms with E-state index in [1.165, 1.54) is 31.2 Å². The maximum absolute atomic E-state index is 13.0. The lowest BCUT2D eigenvalue weighted by molar-refractivity contribution is -0.114. The number of hydrogen-bond acceptors (Lipinski definition) is 6. The van der Waals surface area contributed by atoms with Crippen LogP contribution in [0.1, 0.15) is 6.92 Å². The number of fused-ring (bicyclic) bond motifs is 1. The van der Waals surface area contributed by atoms with Gasteiger partial charge in [-0.15, -0.1) is 0 Å². The van der Waals surface area contributed by atoms with Crippen molar-refractivity contribution in [1.82, 2.24) is 9.97 Å². The van der Waals surface area contributed by atoms with E-state index in [2.05, 4.69) is 41.3 Å². The van der Waals surface area contributed by atoms with Gasteiger partial charge in [0.05, 0.1) is 15.9 Å². The minimum Gasteiger partial charge on any atom is -0.337 e. The highest BCUT2D eigenvalue weighted by Crippen LogP contribution is 2.28. The van der Waals surface area contributed by atoms with Crippen LogP contribution in [-0.2, 0) is 14.8 Å². The van der Waals surface area contributed by atoms with Crippen LogP contribution >= 0.6 is 15.9 Å². The summed E-state index contributed by atoms with van der Waals surface area (Å²) in [5, 5.41) is 5.73. The third-order valence-corrected chi connectivity index (χ3v) is 6.28. The summed E-state index contributed by atoms with van der Waals surface area (Å²) in [6.07, 6.45) is 0. The Hall–Kier alpha value is -3.50. The first-order valence-corrected chi connectivity index (χ1v) is 11.8. The molecule has 0 bridgehead atoms. The van der Waals surface area contributed by atoms with Crippen LogP contribution in [0.3, 0.4) is 0 Å². The average Bonchev–Trinajstić information content (AvgIpc) is 2.75. The summed E-state index contributed by atoms with van der Waals surface area (Å²) in [6, 6.07) is 20.4. The van der Waals surface area contributed by atoms with Crippen molar-refractivity contribution in [3.8, 4) is 0 Å². The Morgan fingerprint density at radius 1 is 0.812 bits per heavy atom. The standard InChI is InChI=1S/C22H18BrN5O3S/c1-14(29)24-16-10-12-18(13-11-16)32(30,31)28-22-21(25-17-8-6-15(23)7-9-17)26-19-4-2-3-5-20(19)27-22/h2-13H,1H3,(H,24,29)(H,25,26)(H,27,28). The van der Waals surface area contributed by atoms with Crippen LogP contribution in [0.4, 0.5) is 23.0 Å². The number of nitrogens with one attached hydrogen (secondary N) is 3. The second-order valence-corrected chi connectivity index (χ2v) is 9.45. The molecule has 1 aromatic heterocycles. The lowest BCUT2D eigenvalue weighted by Gasteiger charge is -2.14. The zero-order valence-corrected chi connectivity index (χ0v) is 19.2. The summed E-state index contributed by atoms with van der Waals surface area (Å²) >= 11 is 3.39. The third-order valence-electron chi connectivity index (χ3n) is 4.39. The number of para-hydroxylation sites is 2. The molecule has 0 unspecified atom stereocenters.